The number of thiazole rings is 1. The van der Waals surface area contributed by atoms with Gasteiger partial charge in [-0.2, -0.15) is 0 Å². The number of carbonyl (C=O) groups excluding carboxylic acids is 1. The SMILES string of the molecule is CC(C)(CCC(=O)N1CC=C(c2cc3c(Nc4ccc5ncsc5c4)ccnc3[nH]2)CC1)CN1CCCC1. The van der Waals surface area contributed by atoms with E-state index in [2.05, 4.69) is 63.3 Å². The average Bonchev–Trinajstić information content (AvgIpc) is 3.68. The van der Waals surface area contributed by atoms with E-state index in [0.717, 1.165) is 64.2 Å². The van der Waals surface area contributed by atoms with E-state index in [-0.39, 0.29) is 11.3 Å². The maximum absolute atomic E-state index is 13.0. The Hall–Kier alpha value is -3.23. The molecule has 4 aromatic rings. The number of aromatic nitrogens is 3. The van der Waals surface area contributed by atoms with E-state index in [1.54, 1.807) is 11.3 Å². The molecule has 2 aliphatic heterocycles. The Labute approximate surface area is 228 Å². The molecule has 0 saturated carbocycles. The molecule has 0 aliphatic carbocycles. The van der Waals surface area contributed by atoms with Crippen LogP contribution in [0.4, 0.5) is 11.4 Å². The molecule has 38 heavy (non-hydrogen) atoms. The van der Waals surface area contributed by atoms with Crippen LogP contribution in [0.15, 0.2) is 48.1 Å². The molecular formula is C30H36N6OS. The van der Waals surface area contributed by atoms with Crippen LogP contribution >= 0.6 is 11.3 Å². The number of likely N-dealkylation sites (tertiary alicyclic amines) is 1. The fourth-order valence-corrected chi connectivity index (χ4v) is 6.48. The van der Waals surface area contributed by atoms with Crippen molar-refractivity contribution in [2.24, 2.45) is 5.41 Å². The van der Waals surface area contributed by atoms with Crippen molar-refractivity contribution < 1.29 is 4.79 Å². The summed E-state index contributed by atoms with van der Waals surface area (Å²) >= 11 is 1.64. The highest BCUT2D eigenvalue weighted by atomic mass is 32.1. The largest absolute Gasteiger partial charge is 0.355 e. The van der Waals surface area contributed by atoms with Crippen LogP contribution in [0.25, 0.3) is 26.8 Å². The van der Waals surface area contributed by atoms with E-state index in [1.807, 2.05) is 28.7 Å². The molecule has 0 radical (unpaired) electrons. The summed E-state index contributed by atoms with van der Waals surface area (Å²) in [7, 11) is 0. The number of aromatic amines is 1. The van der Waals surface area contributed by atoms with Gasteiger partial charge in [0.05, 0.1) is 21.4 Å². The highest BCUT2D eigenvalue weighted by Crippen LogP contribution is 2.32. The molecule has 2 N–H and O–H groups in total. The number of anilines is 2. The quantitative estimate of drug-likeness (QED) is 0.275. The van der Waals surface area contributed by atoms with Gasteiger partial charge in [-0.15, -0.1) is 11.3 Å². The molecule has 1 saturated heterocycles. The first-order valence-electron chi connectivity index (χ1n) is 13.7. The molecular weight excluding hydrogens is 492 g/mol. The molecule has 0 bridgehead atoms. The number of H-pyrrole nitrogens is 1. The van der Waals surface area contributed by atoms with Crippen molar-refractivity contribution in [1.29, 1.82) is 0 Å². The number of nitrogens with zero attached hydrogens (tertiary/aromatic N) is 4. The lowest BCUT2D eigenvalue weighted by atomic mass is 9.87. The molecule has 8 heteroatoms. The summed E-state index contributed by atoms with van der Waals surface area (Å²) in [5.74, 6) is 0.275. The summed E-state index contributed by atoms with van der Waals surface area (Å²) in [6, 6.07) is 10.4. The van der Waals surface area contributed by atoms with Crippen LogP contribution in [0.5, 0.6) is 0 Å². The predicted octanol–water partition coefficient (Wildman–Crippen LogP) is 6.43. The number of hydrogen-bond donors (Lipinski definition) is 2. The Morgan fingerprint density at radius 1 is 1.13 bits per heavy atom. The molecule has 1 amide bonds. The lowest BCUT2D eigenvalue weighted by Gasteiger charge is -2.31. The molecule has 0 atom stereocenters. The van der Waals surface area contributed by atoms with Crippen molar-refractivity contribution in [2.45, 2.75) is 46.0 Å². The predicted molar refractivity (Wildman–Crippen MR) is 157 cm³/mol. The number of rotatable bonds is 8. The Kier molecular flexibility index (Phi) is 6.93. The molecule has 5 heterocycles. The minimum Gasteiger partial charge on any atom is -0.355 e. The molecule has 7 nitrogen and oxygen atoms in total. The number of hydrogen-bond acceptors (Lipinski definition) is 6. The zero-order valence-corrected chi connectivity index (χ0v) is 23.1. The van der Waals surface area contributed by atoms with Crippen LogP contribution in [-0.2, 0) is 4.79 Å². The number of fused-ring (bicyclic) bond motifs is 2. The van der Waals surface area contributed by atoms with Gasteiger partial charge in [-0.25, -0.2) is 9.97 Å². The van der Waals surface area contributed by atoms with E-state index in [4.69, 9.17) is 0 Å². The van der Waals surface area contributed by atoms with E-state index < -0.39 is 0 Å². The Balaban J connectivity index is 1.10. The average molecular weight is 529 g/mol. The van der Waals surface area contributed by atoms with Crippen LogP contribution < -0.4 is 5.32 Å². The first kappa shape index (κ1) is 25.1. The second-order valence-electron chi connectivity index (χ2n) is 11.4. The van der Waals surface area contributed by atoms with Gasteiger partial charge in [0.15, 0.2) is 0 Å². The van der Waals surface area contributed by atoms with Crippen molar-refractivity contribution in [3.05, 3.63) is 53.8 Å². The van der Waals surface area contributed by atoms with Gasteiger partial charge in [0.2, 0.25) is 5.91 Å². The smallest absolute Gasteiger partial charge is 0.222 e. The number of nitrogens with one attached hydrogen (secondary N) is 2. The van der Waals surface area contributed by atoms with Gasteiger partial charge in [-0.05, 0) is 80.1 Å². The van der Waals surface area contributed by atoms with Crippen molar-refractivity contribution in [2.75, 3.05) is 38.0 Å². The molecule has 3 aromatic heterocycles. The summed E-state index contributed by atoms with van der Waals surface area (Å²) in [6.07, 6.45) is 9.07. The normalized spacial score (nSPS) is 16.9. The lowest BCUT2D eigenvalue weighted by molar-refractivity contribution is -0.131. The summed E-state index contributed by atoms with van der Waals surface area (Å²) in [5, 5.41) is 4.62. The molecule has 1 aromatic carbocycles. The van der Waals surface area contributed by atoms with Crippen molar-refractivity contribution in [3.63, 3.8) is 0 Å². The van der Waals surface area contributed by atoms with E-state index in [0.29, 0.717) is 13.0 Å². The first-order valence-corrected chi connectivity index (χ1v) is 14.6. The topological polar surface area (TPSA) is 77.1 Å². The highest BCUT2D eigenvalue weighted by molar-refractivity contribution is 7.16. The molecule has 1 fully saturated rings. The number of carbonyl (C=O) groups is 1. The Bertz CT molecular complexity index is 1480. The van der Waals surface area contributed by atoms with Gasteiger partial charge in [0.25, 0.3) is 0 Å². The fourth-order valence-electron chi connectivity index (χ4n) is 5.77. The first-order chi connectivity index (χ1) is 18.4. The van der Waals surface area contributed by atoms with Crippen LogP contribution in [0, 0.1) is 5.41 Å². The Morgan fingerprint density at radius 2 is 2.00 bits per heavy atom. The van der Waals surface area contributed by atoms with Crippen LogP contribution in [0.1, 0.15) is 51.6 Å². The number of pyridine rings is 1. The fraction of sp³-hybridized carbons (Fsp3) is 0.433. The van der Waals surface area contributed by atoms with Crippen LogP contribution in [0.3, 0.4) is 0 Å². The molecule has 198 valence electrons. The van der Waals surface area contributed by atoms with Gasteiger partial charge in [0.1, 0.15) is 5.65 Å². The highest BCUT2D eigenvalue weighted by Gasteiger charge is 2.26. The van der Waals surface area contributed by atoms with E-state index in [9.17, 15) is 4.79 Å². The van der Waals surface area contributed by atoms with Crippen molar-refractivity contribution >= 4 is 55.4 Å². The second kappa shape index (κ2) is 10.5. The maximum atomic E-state index is 13.0. The van der Waals surface area contributed by atoms with E-state index in [1.165, 1.54) is 31.5 Å². The summed E-state index contributed by atoms with van der Waals surface area (Å²) < 4.78 is 1.16. The van der Waals surface area contributed by atoms with Crippen molar-refractivity contribution in [1.82, 2.24) is 24.8 Å². The van der Waals surface area contributed by atoms with Gasteiger partial charge >= 0.3 is 0 Å². The summed E-state index contributed by atoms with van der Waals surface area (Å²) in [5.41, 5.74) is 8.32. The lowest BCUT2D eigenvalue weighted by Crippen LogP contribution is -2.37. The van der Waals surface area contributed by atoms with Gasteiger partial charge in [-0.3, -0.25) is 4.79 Å². The van der Waals surface area contributed by atoms with Crippen LogP contribution in [-0.4, -0.2) is 63.4 Å². The number of amides is 1. The summed E-state index contributed by atoms with van der Waals surface area (Å²) in [6.45, 7) is 9.55. The van der Waals surface area contributed by atoms with Gasteiger partial charge in [-0.1, -0.05) is 19.9 Å². The molecule has 0 unspecified atom stereocenters. The monoisotopic (exact) mass is 528 g/mol. The zero-order chi connectivity index (χ0) is 26.1. The Morgan fingerprint density at radius 3 is 2.82 bits per heavy atom. The van der Waals surface area contributed by atoms with Gasteiger partial charge in [0, 0.05) is 49.0 Å². The third-order valence-electron chi connectivity index (χ3n) is 7.92. The molecule has 0 spiro atoms. The molecule has 6 rings (SSSR count). The second-order valence-corrected chi connectivity index (χ2v) is 12.3. The zero-order valence-electron chi connectivity index (χ0n) is 22.3. The third kappa shape index (κ3) is 5.47. The minimum atomic E-state index is 0.173. The molecule has 2 aliphatic rings. The van der Waals surface area contributed by atoms with Crippen molar-refractivity contribution in [3.8, 4) is 0 Å². The summed E-state index contributed by atoms with van der Waals surface area (Å²) in [4.78, 5) is 30.0. The minimum absolute atomic E-state index is 0.173. The van der Waals surface area contributed by atoms with Gasteiger partial charge < -0.3 is 20.1 Å². The van der Waals surface area contributed by atoms with E-state index >= 15 is 0 Å². The number of benzene rings is 1. The standard InChI is InChI=1S/C30H36N6OS/c1-30(2,19-35-13-3-4-14-35)11-7-28(37)36-15-9-21(10-16-36)26-18-23-24(8-12-31-29(23)34-26)33-22-5-6-25-27(17-22)38-20-32-25/h5-6,8-9,12,17-18,20H,3-4,7,10-11,13-16,19H2,1-2H3,(H2,31,33,34). The van der Waals surface area contributed by atoms with Crippen LogP contribution in [0.2, 0.25) is 0 Å². The third-order valence-corrected chi connectivity index (χ3v) is 8.71. The maximum Gasteiger partial charge on any atom is 0.222 e.